The van der Waals surface area contributed by atoms with Crippen molar-refractivity contribution >= 4 is 23.4 Å². The Morgan fingerprint density at radius 1 is 1.00 bits per heavy atom. The fourth-order valence-corrected chi connectivity index (χ4v) is 4.69. The molecule has 33 heavy (non-hydrogen) atoms. The van der Waals surface area contributed by atoms with Crippen molar-refractivity contribution in [2.24, 2.45) is 0 Å². The molecule has 1 unspecified atom stereocenters. The summed E-state index contributed by atoms with van der Waals surface area (Å²) in [5, 5.41) is 11.6. The van der Waals surface area contributed by atoms with E-state index in [1.165, 1.54) is 17.3 Å². The second-order valence-electron chi connectivity index (χ2n) is 7.88. The molecule has 0 bridgehead atoms. The van der Waals surface area contributed by atoms with Gasteiger partial charge >= 0.3 is 0 Å². The van der Waals surface area contributed by atoms with Crippen LogP contribution in [0.2, 0.25) is 0 Å². The predicted molar refractivity (Wildman–Crippen MR) is 132 cm³/mol. The van der Waals surface area contributed by atoms with E-state index in [0.717, 1.165) is 22.4 Å². The molecule has 1 heterocycles. The molecule has 0 aliphatic carbocycles. The molecule has 1 amide bonds. The van der Waals surface area contributed by atoms with E-state index in [4.69, 9.17) is 4.74 Å². The van der Waals surface area contributed by atoms with Crippen LogP contribution in [0.5, 0.6) is 5.75 Å². The van der Waals surface area contributed by atoms with Crippen molar-refractivity contribution in [1.29, 1.82) is 0 Å². The zero-order chi connectivity index (χ0) is 23.4. The summed E-state index contributed by atoms with van der Waals surface area (Å²) >= 11 is 1.36. The van der Waals surface area contributed by atoms with Crippen molar-refractivity contribution in [1.82, 2.24) is 14.8 Å². The molecule has 0 spiro atoms. The normalized spacial score (nSPS) is 11.8. The van der Waals surface area contributed by atoms with Gasteiger partial charge in [0.25, 0.3) is 0 Å². The number of hydrogen-bond donors (Lipinski definition) is 1. The molecule has 6 nitrogen and oxygen atoms in total. The zero-order valence-corrected chi connectivity index (χ0v) is 19.9. The predicted octanol–water partition coefficient (Wildman–Crippen LogP) is 5.67. The van der Waals surface area contributed by atoms with Gasteiger partial charge in [-0.3, -0.25) is 9.36 Å². The molecule has 4 aromatic rings. The van der Waals surface area contributed by atoms with Gasteiger partial charge in [-0.25, -0.2) is 0 Å². The molecule has 168 valence electrons. The van der Waals surface area contributed by atoms with E-state index in [0.29, 0.717) is 16.6 Å². The van der Waals surface area contributed by atoms with Gasteiger partial charge in [0, 0.05) is 0 Å². The number of hydrogen-bond acceptors (Lipinski definition) is 5. The molecular weight excluding hydrogens is 432 g/mol. The Balaban J connectivity index is 1.68. The third-order valence-electron chi connectivity index (χ3n) is 5.30. The average molecular weight is 459 g/mol. The van der Waals surface area contributed by atoms with Crippen molar-refractivity contribution in [3.63, 3.8) is 0 Å². The van der Waals surface area contributed by atoms with Gasteiger partial charge < -0.3 is 10.1 Å². The summed E-state index contributed by atoms with van der Waals surface area (Å²) < 4.78 is 7.37. The van der Waals surface area contributed by atoms with Crippen LogP contribution in [-0.2, 0) is 4.79 Å². The molecule has 0 aliphatic rings. The van der Waals surface area contributed by atoms with E-state index < -0.39 is 5.25 Å². The lowest BCUT2D eigenvalue weighted by molar-refractivity contribution is -0.115. The quantitative estimate of drug-likeness (QED) is 0.361. The van der Waals surface area contributed by atoms with Crippen LogP contribution in [-0.4, -0.2) is 27.8 Å². The second kappa shape index (κ2) is 9.92. The number of rotatable bonds is 7. The average Bonchev–Trinajstić information content (AvgIpc) is 3.26. The molecule has 0 saturated carbocycles. The van der Waals surface area contributed by atoms with Gasteiger partial charge in [0.05, 0.1) is 18.5 Å². The molecule has 0 fully saturated rings. The molecule has 0 radical (unpaired) electrons. The van der Waals surface area contributed by atoms with Gasteiger partial charge in [0.1, 0.15) is 17.3 Å². The lowest BCUT2D eigenvalue weighted by atomic mass is 10.1. The molecule has 7 heteroatoms. The number of thioether (sulfide) groups is 1. The van der Waals surface area contributed by atoms with Crippen molar-refractivity contribution in [3.8, 4) is 11.4 Å². The van der Waals surface area contributed by atoms with Crippen molar-refractivity contribution in [3.05, 3.63) is 95.3 Å². The summed E-state index contributed by atoms with van der Waals surface area (Å²) in [6.45, 7) is 6.10. The SMILES string of the molecule is COc1ccc(C)cc1NC(=O)C(Sc1nncn1-c1ccc(C)cc1C)c1ccccc1. The highest BCUT2D eigenvalue weighted by Gasteiger charge is 2.26. The van der Waals surface area contributed by atoms with Crippen LogP contribution in [0.4, 0.5) is 5.69 Å². The topological polar surface area (TPSA) is 69.0 Å². The van der Waals surface area contributed by atoms with Crippen LogP contribution in [0.25, 0.3) is 5.69 Å². The number of carbonyl (C=O) groups excluding carboxylic acids is 1. The van der Waals surface area contributed by atoms with E-state index in [-0.39, 0.29) is 5.91 Å². The summed E-state index contributed by atoms with van der Waals surface area (Å²) in [5.41, 5.74) is 5.83. The summed E-state index contributed by atoms with van der Waals surface area (Å²) in [4.78, 5) is 13.5. The minimum Gasteiger partial charge on any atom is -0.495 e. The van der Waals surface area contributed by atoms with Gasteiger partial charge in [-0.1, -0.05) is 65.9 Å². The number of amides is 1. The van der Waals surface area contributed by atoms with Gasteiger partial charge in [-0.05, 0) is 55.7 Å². The first-order chi connectivity index (χ1) is 16.0. The summed E-state index contributed by atoms with van der Waals surface area (Å²) in [7, 11) is 1.59. The first-order valence-electron chi connectivity index (χ1n) is 10.6. The van der Waals surface area contributed by atoms with E-state index in [2.05, 4.69) is 41.5 Å². The number of ether oxygens (including phenoxy) is 1. The fraction of sp³-hybridized carbons (Fsp3) is 0.192. The largest absolute Gasteiger partial charge is 0.495 e. The highest BCUT2D eigenvalue weighted by atomic mass is 32.2. The van der Waals surface area contributed by atoms with Crippen LogP contribution < -0.4 is 10.1 Å². The third-order valence-corrected chi connectivity index (χ3v) is 6.52. The number of nitrogens with zero attached hydrogens (tertiary/aromatic N) is 3. The Kier molecular flexibility index (Phi) is 6.79. The Morgan fingerprint density at radius 3 is 2.45 bits per heavy atom. The van der Waals surface area contributed by atoms with Crippen molar-refractivity contribution in [2.75, 3.05) is 12.4 Å². The van der Waals surface area contributed by atoms with Crippen molar-refractivity contribution < 1.29 is 9.53 Å². The van der Waals surface area contributed by atoms with Crippen LogP contribution in [0, 0.1) is 20.8 Å². The molecule has 0 aliphatic heterocycles. The van der Waals surface area contributed by atoms with Gasteiger partial charge in [-0.2, -0.15) is 0 Å². The highest BCUT2D eigenvalue weighted by Crippen LogP contribution is 2.37. The van der Waals surface area contributed by atoms with Crippen LogP contribution >= 0.6 is 11.8 Å². The number of aryl methyl sites for hydroxylation is 3. The van der Waals surface area contributed by atoms with Crippen LogP contribution in [0.15, 0.2) is 78.2 Å². The lowest BCUT2D eigenvalue weighted by Crippen LogP contribution is -2.20. The monoisotopic (exact) mass is 458 g/mol. The standard InChI is InChI=1S/C26H26N4O2S/c1-17-10-12-22(19(3)14-17)30-16-27-29-26(30)33-24(20-8-6-5-7-9-20)25(31)28-21-15-18(2)11-13-23(21)32-4/h5-16,24H,1-4H3,(H,28,31). The minimum atomic E-state index is -0.537. The second-order valence-corrected chi connectivity index (χ2v) is 8.95. The summed E-state index contributed by atoms with van der Waals surface area (Å²) in [6, 6.07) is 21.6. The maximum atomic E-state index is 13.5. The Morgan fingerprint density at radius 2 is 1.73 bits per heavy atom. The number of anilines is 1. The number of benzene rings is 3. The number of nitrogens with one attached hydrogen (secondary N) is 1. The number of carbonyl (C=O) groups is 1. The maximum Gasteiger partial charge on any atom is 0.242 e. The van der Waals surface area contributed by atoms with Gasteiger partial charge in [0.15, 0.2) is 5.16 Å². The first kappa shape index (κ1) is 22.6. The van der Waals surface area contributed by atoms with Crippen LogP contribution in [0.1, 0.15) is 27.5 Å². The smallest absolute Gasteiger partial charge is 0.242 e. The number of aromatic nitrogens is 3. The number of methoxy groups -OCH3 is 1. The molecule has 1 aromatic heterocycles. The zero-order valence-electron chi connectivity index (χ0n) is 19.1. The van der Waals surface area contributed by atoms with E-state index in [1.54, 1.807) is 13.4 Å². The van der Waals surface area contributed by atoms with Gasteiger partial charge in [-0.15, -0.1) is 10.2 Å². The summed E-state index contributed by atoms with van der Waals surface area (Å²) in [5.74, 6) is 0.453. The molecule has 0 saturated heterocycles. The molecule has 4 rings (SSSR count). The Hall–Kier alpha value is -3.58. The van der Waals surface area contributed by atoms with Crippen molar-refractivity contribution in [2.45, 2.75) is 31.2 Å². The molecule has 1 atom stereocenters. The Labute approximate surface area is 198 Å². The Bertz CT molecular complexity index is 1270. The summed E-state index contributed by atoms with van der Waals surface area (Å²) in [6.07, 6.45) is 1.68. The molecule has 1 N–H and O–H groups in total. The van der Waals surface area contributed by atoms with Gasteiger partial charge in [0.2, 0.25) is 5.91 Å². The van der Waals surface area contributed by atoms with Crippen LogP contribution in [0.3, 0.4) is 0 Å². The fourth-order valence-electron chi connectivity index (χ4n) is 3.67. The highest BCUT2D eigenvalue weighted by molar-refractivity contribution is 8.00. The van der Waals surface area contributed by atoms with E-state index in [9.17, 15) is 4.79 Å². The van der Waals surface area contributed by atoms with E-state index >= 15 is 0 Å². The third kappa shape index (κ3) is 5.09. The lowest BCUT2D eigenvalue weighted by Gasteiger charge is -2.19. The van der Waals surface area contributed by atoms with E-state index in [1.807, 2.05) is 66.1 Å². The minimum absolute atomic E-state index is 0.162. The molecule has 3 aromatic carbocycles. The maximum absolute atomic E-state index is 13.5. The first-order valence-corrected chi connectivity index (χ1v) is 11.5. The molecular formula is C26H26N4O2S.